The summed E-state index contributed by atoms with van der Waals surface area (Å²) in [6.07, 6.45) is 0.709. The van der Waals surface area contributed by atoms with Crippen LogP contribution in [-0.2, 0) is 9.59 Å². The number of nitrogens with zero attached hydrogens (tertiary/aromatic N) is 1. The monoisotopic (exact) mass is 338 g/mol. The molecule has 5 nitrogen and oxygen atoms in total. The number of benzene rings is 2. The van der Waals surface area contributed by atoms with E-state index < -0.39 is 6.04 Å². The molecule has 25 heavy (non-hydrogen) atoms. The Morgan fingerprint density at radius 3 is 2.60 bits per heavy atom. The summed E-state index contributed by atoms with van der Waals surface area (Å²) in [5, 5.41) is 2.74. The molecule has 0 aromatic heterocycles. The van der Waals surface area contributed by atoms with Crippen LogP contribution in [0.5, 0.6) is 5.75 Å². The van der Waals surface area contributed by atoms with Gasteiger partial charge >= 0.3 is 0 Å². The lowest BCUT2D eigenvalue weighted by Gasteiger charge is -2.18. The van der Waals surface area contributed by atoms with E-state index in [0.29, 0.717) is 19.6 Å². The molecule has 5 heteroatoms. The Labute approximate surface area is 147 Å². The average molecular weight is 338 g/mol. The summed E-state index contributed by atoms with van der Waals surface area (Å²) in [5.74, 6) is 0.527. The van der Waals surface area contributed by atoms with E-state index in [1.54, 1.807) is 4.90 Å². The minimum absolute atomic E-state index is 0.0910. The first-order valence-corrected chi connectivity index (χ1v) is 8.43. The number of carbonyl (C=O) groups excluding carboxylic acids is 2. The number of aryl methyl sites for hydroxylation is 1. The van der Waals surface area contributed by atoms with Gasteiger partial charge in [0, 0.05) is 24.7 Å². The number of hydrogen-bond acceptors (Lipinski definition) is 3. The van der Waals surface area contributed by atoms with Gasteiger partial charge in [-0.15, -0.1) is 0 Å². The smallest absolute Gasteiger partial charge is 0.254 e. The molecule has 1 heterocycles. The van der Waals surface area contributed by atoms with Gasteiger partial charge in [-0.3, -0.25) is 9.59 Å². The molecular weight excluding hydrogens is 316 g/mol. The maximum absolute atomic E-state index is 12.7. The van der Waals surface area contributed by atoms with Crippen LogP contribution in [0.15, 0.2) is 48.5 Å². The van der Waals surface area contributed by atoms with Crippen molar-refractivity contribution >= 4 is 17.5 Å². The van der Waals surface area contributed by atoms with Crippen LogP contribution in [0.25, 0.3) is 0 Å². The SMILES string of the molecule is CC(=O)N[C@@H]1C(=O)N(CCCOc2ccc(C)cc2)c2ccccc21. The first-order valence-electron chi connectivity index (χ1n) is 8.43. The molecule has 0 fully saturated rings. The van der Waals surface area contributed by atoms with Gasteiger partial charge in [0.1, 0.15) is 11.8 Å². The summed E-state index contributed by atoms with van der Waals surface area (Å²) < 4.78 is 5.73. The summed E-state index contributed by atoms with van der Waals surface area (Å²) in [7, 11) is 0. The van der Waals surface area contributed by atoms with Crippen molar-refractivity contribution in [1.29, 1.82) is 0 Å². The second-order valence-corrected chi connectivity index (χ2v) is 6.20. The third kappa shape index (κ3) is 3.82. The second-order valence-electron chi connectivity index (χ2n) is 6.20. The lowest BCUT2D eigenvalue weighted by molar-refractivity contribution is -0.126. The van der Waals surface area contributed by atoms with Crippen LogP contribution in [0.4, 0.5) is 5.69 Å². The molecule has 2 aromatic carbocycles. The minimum Gasteiger partial charge on any atom is -0.494 e. The summed E-state index contributed by atoms with van der Waals surface area (Å²) in [6.45, 7) is 4.54. The van der Waals surface area contributed by atoms with Crippen molar-refractivity contribution in [3.05, 3.63) is 59.7 Å². The van der Waals surface area contributed by atoms with Gasteiger partial charge in [0.2, 0.25) is 5.91 Å². The zero-order valence-electron chi connectivity index (χ0n) is 14.5. The van der Waals surface area contributed by atoms with E-state index in [-0.39, 0.29) is 11.8 Å². The molecule has 0 radical (unpaired) electrons. The lowest BCUT2D eigenvalue weighted by Crippen LogP contribution is -2.37. The molecule has 0 bridgehead atoms. The van der Waals surface area contributed by atoms with Gasteiger partial charge in [0.25, 0.3) is 5.91 Å². The Hall–Kier alpha value is -2.82. The molecule has 0 unspecified atom stereocenters. The number of carbonyl (C=O) groups is 2. The van der Waals surface area contributed by atoms with Gasteiger partial charge in [0.15, 0.2) is 0 Å². The maximum atomic E-state index is 12.7. The highest BCUT2D eigenvalue weighted by molar-refractivity contribution is 6.06. The Kier molecular flexibility index (Phi) is 5.03. The van der Waals surface area contributed by atoms with Crippen LogP contribution in [-0.4, -0.2) is 25.0 Å². The Bertz CT molecular complexity index is 771. The van der Waals surface area contributed by atoms with Crippen LogP contribution in [0.2, 0.25) is 0 Å². The predicted octanol–water partition coefficient (Wildman–Crippen LogP) is 2.99. The largest absolute Gasteiger partial charge is 0.494 e. The molecule has 2 amide bonds. The van der Waals surface area contributed by atoms with Crippen molar-refractivity contribution in [3.63, 3.8) is 0 Å². The molecule has 0 aliphatic carbocycles. The first-order chi connectivity index (χ1) is 12.1. The van der Waals surface area contributed by atoms with E-state index in [2.05, 4.69) is 5.32 Å². The number of anilines is 1. The number of fused-ring (bicyclic) bond motifs is 1. The summed E-state index contributed by atoms with van der Waals surface area (Å²) in [5.41, 5.74) is 2.90. The summed E-state index contributed by atoms with van der Waals surface area (Å²) >= 11 is 0. The van der Waals surface area contributed by atoms with E-state index in [1.807, 2.05) is 55.5 Å². The van der Waals surface area contributed by atoms with Crippen molar-refractivity contribution in [2.24, 2.45) is 0 Å². The molecular formula is C20H22N2O3. The van der Waals surface area contributed by atoms with Crippen LogP contribution in [0.3, 0.4) is 0 Å². The van der Waals surface area contributed by atoms with Gasteiger partial charge in [-0.05, 0) is 31.5 Å². The van der Waals surface area contributed by atoms with Crippen molar-refractivity contribution in [3.8, 4) is 5.75 Å². The number of hydrogen-bond donors (Lipinski definition) is 1. The van der Waals surface area contributed by atoms with Crippen LogP contribution in [0.1, 0.15) is 30.5 Å². The van der Waals surface area contributed by atoms with Gasteiger partial charge in [-0.25, -0.2) is 0 Å². The number of amides is 2. The molecule has 0 saturated carbocycles. The molecule has 0 spiro atoms. The van der Waals surface area contributed by atoms with Crippen LogP contribution < -0.4 is 15.0 Å². The van der Waals surface area contributed by atoms with E-state index in [0.717, 1.165) is 17.0 Å². The molecule has 0 saturated heterocycles. The van der Waals surface area contributed by atoms with Crippen LogP contribution in [0, 0.1) is 6.92 Å². The Morgan fingerprint density at radius 1 is 1.16 bits per heavy atom. The predicted molar refractivity (Wildman–Crippen MR) is 96.6 cm³/mol. The van der Waals surface area contributed by atoms with Crippen molar-refractivity contribution in [1.82, 2.24) is 5.32 Å². The van der Waals surface area contributed by atoms with E-state index in [9.17, 15) is 9.59 Å². The number of rotatable bonds is 6. The molecule has 2 aromatic rings. The minimum atomic E-state index is -0.591. The zero-order valence-corrected chi connectivity index (χ0v) is 14.5. The van der Waals surface area contributed by atoms with E-state index in [4.69, 9.17) is 4.74 Å². The van der Waals surface area contributed by atoms with Gasteiger partial charge < -0.3 is 15.0 Å². The van der Waals surface area contributed by atoms with Gasteiger partial charge in [-0.1, -0.05) is 35.9 Å². The lowest BCUT2D eigenvalue weighted by atomic mass is 10.1. The molecule has 1 atom stereocenters. The van der Waals surface area contributed by atoms with Crippen LogP contribution >= 0.6 is 0 Å². The van der Waals surface area contributed by atoms with E-state index >= 15 is 0 Å². The number of para-hydroxylation sites is 1. The third-order valence-corrected chi connectivity index (χ3v) is 4.21. The molecule has 1 aliphatic rings. The highest BCUT2D eigenvalue weighted by Crippen LogP contribution is 2.35. The highest BCUT2D eigenvalue weighted by Gasteiger charge is 2.37. The first kappa shape index (κ1) is 17.0. The molecule has 1 aliphatic heterocycles. The van der Waals surface area contributed by atoms with Gasteiger partial charge in [0.05, 0.1) is 6.61 Å². The fourth-order valence-electron chi connectivity index (χ4n) is 3.01. The quantitative estimate of drug-likeness (QED) is 0.824. The second kappa shape index (κ2) is 7.38. The summed E-state index contributed by atoms with van der Waals surface area (Å²) in [4.78, 5) is 25.8. The normalized spacial score (nSPS) is 15.8. The third-order valence-electron chi connectivity index (χ3n) is 4.21. The van der Waals surface area contributed by atoms with Gasteiger partial charge in [-0.2, -0.15) is 0 Å². The number of nitrogens with one attached hydrogen (secondary N) is 1. The summed E-state index contributed by atoms with van der Waals surface area (Å²) in [6, 6.07) is 14.9. The topological polar surface area (TPSA) is 58.6 Å². The van der Waals surface area contributed by atoms with Crippen molar-refractivity contribution in [2.75, 3.05) is 18.1 Å². The Morgan fingerprint density at radius 2 is 1.88 bits per heavy atom. The molecule has 3 rings (SSSR count). The Balaban J connectivity index is 1.61. The average Bonchev–Trinajstić information content (AvgIpc) is 2.85. The van der Waals surface area contributed by atoms with E-state index in [1.165, 1.54) is 12.5 Å². The van der Waals surface area contributed by atoms with Crippen molar-refractivity contribution < 1.29 is 14.3 Å². The fourth-order valence-corrected chi connectivity index (χ4v) is 3.01. The van der Waals surface area contributed by atoms with Crippen molar-refractivity contribution in [2.45, 2.75) is 26.3 Å². The molecule has 1 N–H and O–H groups in total. The standard InChI is InChI=1S/C20H22N2O3/c1-14-8-10-16(11-9-14)25-13-5-12-22-18-7-4-3-6-17(18)19(20(22)24)21-15(2)23/h3-4,6-11,19H,5,12-13H2,1-2H3,(H,21,23)/t19-/m0/s1. The number of ether oxygens (including phenoxy) is 1. The maximum Gasteiger partial charge on any atom is 0.254 e. The molecule has 130 valence electrons. The highest BCUT2D eigenvalue weighted by atomic mass is 16.5. The zero-order chi connectivity index (χ0) is 17.8. The fraction of sp³-hybridized carbons (Fsp3) is 0.300.